The molecule has 5 nitrogen and oxygen atoms in total. The van der Waals surface area contributed by atoms with Gasteiger partial charge in [0, 0.05) is 43.5 Å². The number of piperazine rings is 1. The summed E-state index contributed by atoms with van der Waals surface area (Å²) >= 11 is 0. The molecule has 28 heavy (non-hydrogen) atoms. The van der Waals surface area contributed by atoms with Crippen LogP contribution in [0.1, 0.15) is 21.5 Å². The predicted octanol–water partition coefficient (Wildman–Crippen LogP) is 3.72. The van der Waals surface area contributed by atoms with Crippen molar-refractivity contribution in [2.45, 2.75) is 13.8 Å². The molecule has 5 heteroatoms. The molecule has 0 unspecified atom stereocenters. The third-order valence-electron chi connectivity index (χ3n) is 5.18. The summed E-state index contributed by atoms with van der Waals surface area (Å²) in [4.78, 5) is 26.2. The SMILES string of the molecule is Cc1ccc(C(=O)N2CCN(c3ccnc(-c4ccccc4)n3)CC2)c(C)c1. The maximum absolute atomic E-state index is 12.9. The lowest BCUT2D eigenvalue weighted by molar-refractivity contribution is 0.0746. The minimum Gasteiger partial charge on any atom is -0.353 e. The summed E-state index contributed by atoms with van der Waals surface area (Å²) in [5.41, 5.74) is 4.02. The van der Waals surface area contributed by atoms with Crippen molar-refractivity contribution in [2.75, 3.05) is 31.1 Å². The van der Waals surface area contributed by atoms with E-state index in [0.717, 1.165) is 41.4 Å². The van der Waals surface area contributed by atoms with Gasteiger partial charge in [-0.15, -0.1) is 0 Å². The summed E-state index contributed by atoms with van der Waals surface area (Å²) in [6, 6.07) is 17.9. The van der Waals surface area contributed by atoms with E-state index >= 15 is 0 Å². The van der Waals surface area contributed by atoms with Gasteiger partial charge in [0.25, 0.3) is 5.91 Å². The molecule has 1 aromatic heterocycles. The van der Waals surface area contributed by atoms with Crippen LogP contribution in [0.15, 0.2) is 60.8 Å². The highest BCUT2D eigenvalue weighted by Gasteiger charge is 2.24. The summed E-state index contributed by atoms with van der Waals surface area (Å²) in [6.07, 6.45) is 1.80. The Labute approximate surface area is 165 Å². The van der Waals surface area contributed by atoms with Crippen LogP contribution in [-0.2, 0) is 0 Å². The Balaban J connectivity index is 1.45. The van der Waals surface area contributed by atoms with E-state index in [1.165, 1.54) is 5.56 Å². The van der Waals surface area contributed by atoms with Crippen molar-refractivity contribution < 1.29 is 4.79 Å². The minimum absolute atomic E-state index is 0.116. The Morgan fingerprint density at radius 1 is 0.929 bits per heavy atom. The molecule has 1 saturated heterocycles. The second-order valence-corrected chi connectivity index (χ2v) is 7.20. The largest absolute Gasteiger partial charge is 0.353 e. The van der Waals surface area contributed by atoms with Crippen molar-refractivity contribution in [1.29, 1.82) is 0 Å². The fraction of sp³-hybridized carbons (Fsp3) is 0.261. The summed E-state index contributed by atoms with van der Waals surface area (Å²) in [7, 11) is 0. The summed E-state index contributed by atoms with van der Waals surface area (Å²) < 4.78 is 0. The number of aryl methyl sites for hydroxylation is 2. The van der Waals surface area contributed by atoms with Gasteiger partial charge in [0.15, 0.2) is 5.82 Å². The molecular formula is C23H24N4O. The summed E-state index contributed by atoms with van der Waals surface area (Å²) in [6.45, 7) is 6.96. The van der Waals surface area contributed by atoms with Crippen LogP contribution >= 0.6 is 0 Å². The van der Waals surface area contributed by atoms with Gasteiger partial charge in [0.2, 0.25) is 0 Å². The van der Waals surface area contributed by atoms with Crippen molar-refractivity contribution in [3.63, 3.8) is 0 Å². The van der Waals surface area contributed by atoms with E-state index in [-0.39, 0.29) is 5.91 Å². The van der Waals surface area contributed by atoms with Gasteiger partial charge in [-0.2, -0.15) is 0 Å². The predicted molar refractivity (Wildman–Crippen MR) is 112 cm³/mol. The zero-order chi connectivity index (χ0) is 19.5. The van der Waals surface area contributed by atoms with Crippen LogP contribution in [0, 0.1) is 13.8 Å². The number of nitrogens with zero attached hydrogens (tertiary/aromatic N) is 4. The second-order valence-electron chi connectivity index (χ2n) is 7.20. The van der Waals surface area contributed by atoms with Gasteiger partial charge in [-0.05, 0) is 31.5 Å². The molecule has 2 heterocycles. The van der Waals surface area contributed by atoms with E-state index in [1.807, 2.05) is 67.3 Å². The molecule has 0 spiro atoms. The smallest absolute Gasteiger partial charge is 0.254 e. The average Bonchev–Trinajstić information content (AvgIpc) is 2.74. The van der Waals surface area contributed by atoms with E-state index in [2.05, 4.69) is 16.0 Å². The number of benzene rings is 2. The van der Waals surface area contributed by atoms with Gasteiger partial charge in [-0.25, -0.2) is 9.97 Å². The molecule has 142 valence electrons. The summed E-state index contributed by atoms with van der Waals surface area (Å²) in [5, 5.41) is 0. The van der Waals surface area contributed by atoms with Crippen molar-refractivity contribution in [1.82, 2.24) is 14.9 Å². The molecule has 0 radical (unpaired) electrons. The maximum atomic E-state index is 12.9. The van der Waals surface area contributed by atoms with Crippen molar-refractivity contribution >= 4 is 11.7 Å². The molecule has 0 N–H and O–H groups in total. The lowest BCUT2D eigenvalue weighted by Crippen LogP contribution is -2.49. The molecule has 1 fully saturated rings. The topological polar surface area (TPSA) is 49.3 Å². The number of hydrogen-bond donors (Lipinski definition) is 0. The fourth-order valence-electron chi connectivity index (χ4n) is 3.61. The molecule has 1 amide bonds. The lowest BCUT2D eigenvalue weighted by atomic mass is 10.0. The van der Waals surface area contributed by atoms with Crippen LogP contribution in [0.4, 0.5) is 5.82 Å². The zero-order valence-electron chi connectivity index (χ0n) is 16.3. The number of rotatable bonds is 3. The number of aromatic nitrogens is 2. The Kier molecular flexibility index (Phi) is 5.06. The molecule has 0 bridgehead atoms. The number of carbonyl (C=O) groups is 1. The third kappa shape index (κ3) is 3.74. The number of carbonyl (C=O) groups excluding carboxylic acids is 1. The monoisotopic (exact) mass is 372 g/mol. The van der Waals surface area contributed by atoms with Gasteiger partial charge in [-0.3, -0.25) is 4.79 Å². The molecule has 1 aliphatic heterocycles. The van der Waals surface area contributed by atoms with Crippen molar-refractivity contribution in [2.24, 2.45) is 0 Å². The molecule has 0 aliphatic carbocycles. The lowest BCUT2D eigenvalue weighted by Gasteiger charge is -2.35. The van der Waals surface area contributed by atoms with E-state index < -0.39 is 0 Å². The van der Waals surface area contributed by atoms with Gasteiger partial charge in [0.05, 0.1) is 0 Å². The molecule has 4 rings (SSSR count). The van der Waals surface area contributed by atoms with Crippen LogP contribution in [0.5, 0.6) is 0 Å². The first-order valence-electron chi connectivity index (χ1n) is 9.62. The Hall–Kier alpha value is -3.21. The Bertz CT molecular complexity index is 979. The van der Waals surface area contributed by atoms with Crippen LogP contribution in [0.2, 0.25) is 0 Å². The van der Waals surface area contributed by atoms with E-state index in [4.69, 9.17) is 4.98 Å². The molecule has 1 aliphatic rings. The van der Waals surface area contributed by atoms with Gasteiger partial charge in [-0.1, -0.05) is 48.0 Å². The number of amides is 1. The maximum Gasteiger partial charge on any atom is 0.254 e. The van der Waals surface area contributed by atoms with Crippen molar-refractivity contribution in [3.8, 4) is 11.4 Å². The number of anilines is 1. The van der Waals surface area contributed by atoms with Crippen LogP contribution in [0.3, 0.4) is 0 Å². The zero-order valence-corrected chi connectivity index (χ0v) is 16.3. The average molecular weight is 372 g/mol. The fourth-order valence-corrected chi connectivity index (χ4v) is 3.61. The quantitative estimate of drug-likeness (QED) is 0.703. The highest BCUT2D eigenvalue weighted by atomic mass is 16.2. The number of hydrogen-bond acceptors (Lipinski definition) is 4. The Morgan fingerprint density at radius 3 is 2.39 bits per heavy atom. The highest BCUT2D eigenvalue weighted by Crippen LogP contribution is 2.20. The normalized spacial score (nSPS) is 14.2. The van der Waals surface area contributed by atoms with E-state index in [1.54, 1.807) is 6.20 Å². The first-order chi connectivity index (χ1) is 13.6. The van der Waals surface area contributed by atoms with E-state index in [9.17, 15) is 4.79 Å². The van der Waals surface area contributed by atoms with Gasteiger partial charge >= 0.3 is 0 Å². The van der Waals surface area contributed by atoms with E-state index in [0.29, 0.717) is 13.1 Å². The highest BCUT2D eigenvalue weighted by molar-refractivity contribution is 5.95. The third-order valence-corrected chi connectivity index (χ3v) is 5.18. The van der Waals surface area contributed by atoms with Gasteiger partial charge in [0.1, 0.15) is 5.82 Å². The Morgan fingerprint density at radius 2 is 1.68 bits per heavy atom. The molecular weight excluding hydrogens is 348 g/mol. The van der Waals surface area contributed by atoms with Crippen LogP contribution in [-0.4, -0.2) is 47.0 Å². The standard InChI is InChI=1S/C23H24N4O/c1-17-8-9-20(18(2)16-17)23(28)27-14-12-26(13-15-27)21-10-11-24-22(25-21)19-6-4-3-5-7-19/h3-11,16H,12-15H2,1-2H3. The molecule has 3 aromatic rings. The summed E-state index contributed by atoms with van der Waals surface area (Å²) in [5.74, 6) is 1.75. The van der Waals surface area contributed by atoms with Crippen LogP contribution in [0.25, 0.3) is 11.4 Å². The molecule has 2 aromatic carbocycles. The minimum atomic E-state index is 0.116. The van der Waals surface area contributed by atoms with Crippen LogP contribution < -0.4 is 4.90 Å². The molecule has 0 atom stereocenters. The first-order valence-corrected chi connectivity index (χ1v) is 9.62. The molecule has 0 saturated carbocycles. The second kappa shape index (κ2) is 7.80. The first kappa shape index (κ1) is 18.2. The van der Waals surface area contributed by atoms with Gasteiger partial charge < -0.3 is 9.80 Å². The van der Waals surface area contributed by atoms with Crippen molar-refractivity contribution in [3.05, 3.63) is 77.5 Å².